The van der Waals surface area contributed by atoms with Crippen LogP contribution in [-0.2, 0) is 6.54 Å². The molecule has 6 nitrogen and oxygen atoms in total. The molecule has 0 aliphatic rings. The van der Waals surface area contributed by atoms with Crippen molar-refractivity contribution in [2.45, 2.75) is 26.5 Å². The molecule has 0 aliphatic heterocycles. The Bertz CT molecular complexity index is 643. The first-order valence-electron chi connectivity index (χ1n) is 7.19. The lowest BCUT2D eigenvalue weighted by Crippen LogP contribution is -2.39. The van der Waals surface area contributed by atoms with Gasteiger partial charge in [0.15, 0.2) is 5.96 Å². The summed E-state index contributed by atoms with van der Waals surface area (Å²) in [7, 11) is 1.68. The molecule has 0 fully saturated rings. The molecule has 2 aromatic heterocycles. The van der Waals surface area contributed by atoms with Crippen molar-refractivity contribution in [3.8, 4) is 0 Å². The number of rotatable bonds is 5. The van der Waals surface area contributed by atoms with Gasteiger partial charge in [0.25, 0.3) is 0 Å². The SMILES string of the molecule is CN=C(NCc1ncccc1C)NCC(O)c1ccc(C)o1.I. The standard InChI is InChI=1S/C16H22N4O2.HI/c1-11-5-4-8-18-13(11)9-19-16(17-3)20-10-14(21)15-7-6-12(2)22-15;/h4-8,14,21H,9-10H2,1-3H3,(H2,17,19,20);1H. The molecule has 0 aromatic carbocycles. The minimum Gasteiger partial charge on any atom is -0.464 e. The minimum atomic E-state index is -0.719. The average molecular weight is 430 g/mol. The van der Waals surface area contributed by atoms with E-state index in [0.29, 0.717) is 24.8 Å². The van der Waals surface area contributed by atoms with Gasteiger partial charge in [-0.25, -0.2) is 0 Å². The first kappa shape index (κ1) is 19.4. The maximum atomic E-state index is 10.1. The molecular formula is C16H23IN4O2. The van der Waals surface area contributed by atoms with Crippen molar-refractivity contribution in [2.75, 3.05) is 13.6 Å². The van der Waals surface area contributed by atoms with Gasteiger partial charge < -0.3 is 20.2 Å². The van der Waals surface area contributed by atoms with Crippen LogP contribution in [0.2, 0.25) is 0 Å². The van der Waals surface area contributed by atoms with Crippen LogP contribution in [0.5, 0.6) is 0 Å². The summed E-state index contributed by atoms with van der Waals surface area (Å²) < 4.78 is 5.40. The van der Waals surface area contributed by atoms with Crippen LogP contribution in [0.3, 0.4) is 0 Å². The Hall–Kier alpha value is -1.61. The van der Waals surface area contributed by atoms with Gasteiger partial charge >= 0.3 is 0 Å². The van der Waals surface area contributed by atoms with Gasteiger partial charge in [0, 0.05) is 13.2 Å². The molecule has 0 radical (unpaired) electrons. The van der Waals surface area contributed by atoms with E-state index < -0.39 is 6.10 Å². The molecule has 0 spiro atoms. The van der Waals surface area contributed by atoms with Crippen LogP contribution < -0.4 is 10.6 Å². The van der Waals surface area contributed by atoms with Crippen molar-refractivity contribution >= 4 is 29.9 Å². The molecule has 0 saturated heterocycles. The van der Waals surface area contributed by atoms with Crippen LogP contribution >= 0.6 is 24.0 Å². The maximum Gasteiger partial charge on any atom is 0.191 e. The van der Waals surface area contributed by atoms with Crippen LogP contribution in [0.25, 0.3) is 0 Å². The van der Waals surface area contributed by atoms with E-state index in [1.165, 1.54) is 0 Å². The lowest BCUT2D eigenvalue weighted by molar-refractivity contribution is 0.151. The van der Waals surface area contributed by atoms with Crippen molar-refractivity contribution in [1.82, 2.24) is 15.6 Å². The number of furan rings is 1. The Morgan fingerprint density at radius 1 is 1.30 bits per heavy atom. The van der Waals surface area contributed by atoms with Gasteiger partial charge in [0.1, 0.15) is 17.6 Å². The molecule has 0 bridgehead atoms. The van der Waals surface area contributed by atoms with Gasteiger partial charge in [-0.05, 0) is 37.6 Å². The van der Waals surface area contributed by atoms with E-state index in [1.54, 1.807) is 19.3 Å². The highest BCUT2D eigenvalue weighted by molar-refractivity contribution is 14.0. The summed E-state index contributed by atoms with van der Waals surface area (Å²) in [5, 5.41) is 16.3. The van der Waals surface area contributed by atoms with Gasteiger partial charge in [0.2, 0.25) is 0 Å². The molecular weight excluding hydrogens is 407 g/mol. The predicted octanol–water partition coefficient (Wildman–Crippen LogP) is 2.31. The fraction of sp³-hybridized carbons (Fsp3) is 0.375. The topological polar surface area (TPSA) is 82.7 Å². The Kier molecular flexibility index (Phi) is 8.04. The highest BCUT2D eigenvalue weighted by Gasteiger charge is 2.12. The summed E-state index contributed by atoms with van der Waals surface area (Å²) >= 11 is 0. The second-order valence-electron chi connectivity index (χ2n) is 5.04. The summed E-state index contributed by atoms with van der Waals surface area (Å²) in [6.07, 6.45) is 1.05. The Morgan fingerprint density at radius 3 is 2.70 bits per heavy atom. The number of aliphatic imine (C=N–C) groups is 1. The number of hydrogen-bond acceptors (Lipinski definition) is 4. The van der Waals surface area contributed by atoms with Crippen LogP contribution in [0.15, 0.2) is 39.9 Å². The first-order valence-corrected chi connectivity index (χ1v) is 7.19. The van der Waals surface area contributed by atoms with Gasteiger partial charge in [0.05, 0.1) is 18.8 Å². The number of aliphatic hydroxyl groups is 1. The molecule has 0 saturated carbocycles. The van der Waals surface area contributed by atoms with E-state index in [-0.39, 0.29) is 24.0 Å². The molecule has 2 rings (SSSR count). The number of halogens is 1. The van der Waals surface area contributed by atoms with E-state index in [0.717, 1.165) is 17.0 Å². The minimum absolute atomic E-state index is 0. The van der Waals surface area contributed by atoms with Crippen molar-refractivity contribution in [2.24, 2.45) is 4.99 Å². The number of aryl methyl sites for hydroxylation is 2. The molecule has 2 heterocycles. The van der Waals surface area contributed by atoms with E-state index in [4.69, 9.17) is 4.42 Å². The Balaban J connectivity index is 0.00000264. The molecule has 0 aliphatic carbocycles. The number of nitrogens with zero attached hydrogens (tertiary/aromatic N) is 2. The Morgan fingerprint density at radius 2 is 2.09 bits per heavy atom. The number of aliphatic hydroxyl groups excluding tert-OH is 1. The third-order valence-corrected chi connectivity index (χ3v) is 3.32. The monoisotopic (exact) mass is 430 g/mol. The normalized spacial score (nSPS) is 12.4. The van der Waals surface area contributed by atoms with Crippen molar-refractivity contribution < 1.29 is 9.52 Å². The van der Waals surface area contributed by atoms with E-state index in [9.17, 15) is 5.11 Å². The van der Waals surface area contributed by atoms with Crippen molar-refractivity contribution in [3.63, 3.8) is 0 Å². The second kappa shape index (κ2) is 9.51. The van der Waals surface area contributed by atoms with Crippen molar-refractivity contribution in [3.05, 3.63) is 53.2 Å². The molecule has 3 N–H and O–H groups in total. The number of pyridine rings is 1. The second-order valence-corrected chi connectivity index (χ2v) is 5.04. The third kappa shape index (κ3) is 5.83. The van der Waals surface area contributed by atoms with Gasteiger partial charge in [-0.3, -0.25) is 9.98 Å². The van der Waals surface area contributed by atoms with Gasteiger partial charge in [-0.1, -0.05) is 6.07 Å². The van der Waals surface area contributed by atoms with Gasteiger partial charge in [-0.2, -0.15) is 0 Å². The molecule has 0 amide bonds. The van der Waals surface area contributed by atoms with Crippen LogP contribution in [0.4, 0.5) is 0 Å². The zero-order valence-electron chi connectivity index (χ0n) is 13.5. The van der Waals surface area contributed by atoms with Crippen LogP contribution in [0, 0.1) is 13.8 Å². The number of nitrogens with one attached hydrogen (secondary N) is 2. The Labute approximate surface area is 153 Å². The zero-order chi connectivity index (χ0) is 15.9. The molecule has 2 aromatic rings. The van der Waals surface area contributed by atoms with E-state index in [1.807, 2.05) is 32.0 Å². The lowest BCUT2D eigenvalue weighted by atomic mass is 10.2. The lowest BCUT2D eigenvalue weighted by Gasteiger charge is -2.14. The van der Waals surface area contributed by atoms with Crippen molar-refractivity contribution in [1.29, 1.82) is 0 Å². The summed E-state index contributed by atoms with van der Waals surface area (Å²) in [5.41, 5.74) is 2.09. The summed E-state index contributed by atoms with van der Waals surface area (Å²) in [6.45, 7) is 4.75. The summed E-state index contributed by atoms with van der Waals surface area (Å²) in [4.78, 5) is 8.45. The van der Waals surface area contributed by atoms with E-state index in [2.05, 4.69) is 20.6 Å². The van der Waals surface area contributed by atoms with Crippen LogP contribution in [-0.4, -0.2) is 29.6 Å². The summed E-state index contributed by atoms with van der Waals surface area (Å²) in [5.74, 6) is 1.93. The molecule has 7 heteroatoms. The van der Waals surface area contributed by atoms with E-state index >= 15 is 0 Å². The molecule has 126 valence electrons. The first-order chi connectivity index (χ1) is 10.6. The van der Waals surface area contributed by atoms with Gasteiger partial charge in [-0.15, -0.1) is 24.0 Å². The third-order valence-electron chi connectivity index (χ3n) is 3.32. The zero-order valence-corrected chi connectivity index (χ0v) is 15.9. The quantitative estimate of drug-likeness (QED) is 0.385. The predicted molar refractivity (Wildman–Crippen MR) is 101 cm³/mol. The highest BCUT2D eigenvalue weighted by Crippen LogP contribution is 2.14. The molecule has 1 atom stereocenters. The number of hydrogen-bond donors (Lipinski definition) is 3. The fourth-order valence-electron chi connectivity index (χ4n) is 2.02. The maximum absolute atomic E-state index is 10.1. The largest absolute Gasteiger partial charge is 0.464 e. The fourth-order valence-corrected chi connectivity index (χ4v) is 2.02. The average Bonchev–Trinajstić information content (AvgIpc) is 2.95. The number of aromatic nitrogens is 1. The highest BCUT2D eigenvalue weighted by atomic mass is 127. The molecule has 23 heavy (non-hydrogen) atoms. The smallest absolute Gasteiger partial charge is 0.191 e. The molecule has 1 unspecified atom stereocenters. The number of guanidine groups is 1. The van der Waals surface area contributed by atoms with Crippen LogP contribution in [0.1, 0.15) is 28.9 Å². The summed E-state index contributed by atoms with van der Waals surface area (Å²) in [6, 6.07) is 7.53.